The summed E-state index contributed by atoms with van der Waals surface area (Å²) in [6.07, 6.45) is 7.91. The van der Waals surface area contributed by atoms with Crippen molar-refractivity contribution >= 4 is 0 Å². The first kappa shape index (κ1) is 13.8. The van der Waals surface area contributed by atoms with Gasteiger partial charge in [-0.3, -0.25) is 4.90 Å². The highest BCUT2D eigenvalue weighted by Gasteiger charge is 2.39. The minimum Gasteiger partial charge on any atom is -0.303 e. The smallest absolute Gasteiger partial charge is 0.105 e. The van der Waals surface area contributed by atoms with Crippen LogP contribution in [-0.4, -0.2) is 36.1 Å². The molecule has 0 aromatic heterocycles. The number of nitrogens with zero attached hydrogens (tertiary/aromatic N) is 2. The molecular weight excluding hydrogens is 222 g/mol. The van der Waals surface area contributed by atoms with Gasteiger partial charge in [0.1, 0.15) is 5.54 Å². The fraction of sp³-hybridized carbons (Fsp3) is 0.933. The molecule has 4 unspecified atom stereocenters. The van der Waals surface area contributed by atoms with Crippen LogP contribution in [0.3, 0.4) is 0 Å². The molecule has 18 heavy (non-hydrogen) atoms. The SMILES string of the molecule is CNC(C)(C#N)CC(C)N1CCC2CCCCC21. The van der Waals surface area contributed by atoms with Gasteiger partial charge in [0, 0.05) is 12.1 Å². The molecule has 0 spiro atoms. The summed E-state index contributed by atoms with van der Waals surface area (Å²) >= 11 is 0. The lowest BCUT2D eigenvalue weighted by atomic mass is 9.84. The highest BCUT2D eigenvalue weighted by Crippen LogP contribution is 2.38. The predicted molar refractivity (Wildman–Crippen MR) is 74.2 cm³/mol. The van der Waals surface area contributed by atoms with E-state index >= 15 is 0 Å². The predicted octanol–water partition coefficient (Wildman–Crippen LogP) is 2.53. The molecular formula is C15H27N3. The van der Waals surface area contributed by atoms with Crippen LogP contribution in [0.15, 0.2) is 0 Å². The first-order valence-corrected chi connectivity index (χ1v) is 7.45. The lowest BCUT2D eigenvalue weighted by Gasteiger charge is -2.38. The van der Waals surface area contributed by atoms with Crippen molar-refractivity contribution in [2.45, 2.75) is 70.0 Å². The molecule has 0 amide bonds. The highest BCUT2D eigenvalue weighted by atomic mass is 15.2. The fourth-order valence-corrected chi connectivity index (χ4v) is 3.90. The van der Waals surface area contributed by atoms with E-state index in [2.05, 4.69) is 23.2 Å². The molecule has 3 nitrogen and oxygen atoms in total. The molecule has 1 aliphatic carbocycles. The van der Waals surface area contributed by atoms with Crippen LogP contribution in [0.2, 0.25) is 0 Å². The van der Waals surface area contributed by atoms with Crippen LogP contribution in [0.1, 0.15) is 52.4 Å². The van der Waals surface area contributed by atoms with Gasteiger partial charge in [-0.1, -0.05) is 12.8 Å². The summed E-state index contributed by atoms with van der Waals surface area (Å²) < 4.78 is 0. The van der Waals surface area contributed by atoms with Crippen LogP contribution >= 0.6 is 0 Å². The molecule has 4 atom stereocenters. The Hall–Kier alpha value is -0.590. The van der Waals surface area contributed by atoms with Crippen molar-refractivity contribution in [3.05, 3.63) is 0 Å². The van der Waals surface area contributed by atoms with Crippen LogP contribution < -0.4 is 5.32 Å². The molecule has 1 saturated heterocycles. The van der Waals surface area contributed by atoms with E-state index in [1.54, 1.807) is 0 Å². The monoisotopic (exact) mass is 249 g/mol. The molecule has 2 rings (SSSR count). The van der Waals surface area contributed by atoms with Crippen LogP contribution in [-0.2, 0) is 0 Å². The van der Waals surface area contributed by atoms with Gasteiger partial charge >= 0.3 is 0 Å². The van der Waals surface area contributed by atoms with E-state index in [0.717, 1.165) is 18.4 Å². The number of likely N-dealkylation sites (tertiary alicyclic amines) is 1. The zero-order valence-electron chi connectivity index (χ0n) is 12.1. The van der Waals surface area contributed by atoms with Gasteiger partial charge in [-0.25, -0.2) is 0 Å². The van der Waals surface area contributed by atoms with Crippen LogP contribution in [0, 0.1) is 17.2 Å². The Morgan fingerprint density at radius 1 is 1.39 bits per heavy atom. The maximum Gasteiger partial charge on any atom is 0.105 e. The van der Waals surface area contributed by atoms with E-state index in [1.165, 1.54) is 38.6 Å². The van der Waals surface area contributed by atoms with Gasteiger partial charge in [0.25, 0.3) is 0 Å². The largest absolute Gasteiger partial charge is 0.303 e. The molecule has 102 valence electrons. The van der Waals surface area contributed by atoms with Crippen LogP contribution in [0.5, 0.6) is 0 Å². The van der Waals surface area contributed by atoms with Crippen molar-refractivity contribution < 1.29 is 0 Å². The minimum absolute atomic E-state index is 0.383. The van der Waals surface area contributed by atoms with E-state index in [-0.39, 0.29) is 5.54 Å². The summed E-state index contributed by atoms with van der Waals surface area (Å²) in [6, 6.07) is 3.73. The van der Waals surface area contributed by atoms with E-state index in [4.69, 9.17) is 0 Å². The maximum atomic E-state index is 9.28. The molecule has 0 bridgehead atoms. The Bertz CT molecular complexity index is 322. The Morgan fingerprint density at radius 2 is 2.11 bits per heavy atom. The molecule has 2 aliphatic rings. The van der Waals surface area contributed by atoms with Gasteiger partial charge in [-0.15, -0.1) is 0 Å². The van der Waals surface area contributed by atoms with Crippen molar-refractivity contribution in [1.82, 2.24) is 10.2 Å². The second-order valence-corrected chi connectivity index (χ2v) is 6.39. The maximum absolute atomic E-state index is 9.28. The average molecular weight is 249 g/mol. The van der Waals surface area contributed by atoms with Crippen molar-refractivity contribution in [3.8, 4) is 6.07 Å². The molecule has 1 heterocycles. The summed E-state index contributed by atoms with van der Waals surface area (Å²) in [4.78, 5) is 2.68. The lowest BCUT2D eigenvalue weighted by Crippen LogP contribution is -2.48. The Morgan fingerprint density at radius 3 is 2.78 bits per heavy atom. The van der Waals surface area contributed by atoms with E-state index in [9.17, 15) is 5.26 Å². The number of hydrogen-bond acceptors (Lipinski definition) is 3. The second-order valence-electron chi connectivity index (χ2n) is 6.39. The van der Waals surface area contributed by atoms with E-state index in [1.807, 2.05) is 14.0 Å². The fourth-order valence-electron chi connectivity index (χ4n) is 3.90. The summed E-state index contributed by atoms with van der Waals surface area (Å²) in [6.45, 7) is 5.55. The summed E-state index contributed by atoms with van der Waals surface area (Å²) in [5, 5.41) is 12.4. The third-order valence-corrected chi connectivity index (χ3v) is 5.12. The third kappa shape index (κ3) is 2.70. The quantitative estimate of drug-likeness (QED) is 0.832. The van der Waals surface area contributed by atoms with Crippen LogP contribution in [0.4, 0.5) is 0 Å². The zero-order valence-corrected chi connectivity index (χ0v) is 12.1. The molecule has 0 radical (unpaired) electrons. The Kier molecular flexibility index (Phi) is 4.29. The molecule has 2 fully saturated rings. The summed E-state index contributed by atoms with van der Waals surface area (Å²) in [5.74, 6) is 0.934. The number of nitriles is 1. The number of rotatable bonds is 4. The first-order valence-electron chi connectivity index (χ1n) is 7.45. The van der Waals surface area contributed by atoms with Gasteiger partial charge in [0.2, 0.25) is 0 Å². The molecule has 1 N–H and O–H groups in total. The molecule has 3 heteroatoms. The standard InChI is InChI=1S/C15H27N3/c1-12(10-15(2,11-16)17-3)18-9-8-13-6-4-5-7-14(13)18/h12-14,17H,4-10H2,1-3H3. The van der Waals surface area contributed by atoms with Gasteiger partial charge < -0.3 is 5.32 Å². The van der Waals surface area contributed by atoms with Crippen molar-refractivity contribution in [2.24, 2.45) is 5.92 Å². The van der Waals surface area contributed by atoms with Crippen molar-refractivity contribution in [1.29, 1.82) is 5.26 Å². The average Bonchev–Trinajstić information content (AvgIpc) is 2.82. The van der Waals surface area contributed by atoms with Gasteiger partial charge in [0.15, 0.2) is 0 Å². The number of fused-ring (bicyclic) bond motifs is 1. The number of hydrogen-bond donors (Lipinski definition) is 1. The van der Waals surface area contributed by atoms with E-state index < -0.39 is 0 Å². The van der Waals surface area contributed by atoms with Crippen LogP contribution in [0.25, 0.3) is 0 Å². The van der Waals surface area contributed by atoms with Gasteiger partial charge in [0.05, 0.1) is 6.07 Å². The second kappa shape index (κ2) is 5.59. The highest BCUT2D eigenvalue weighted by molar-refractivity contribution is 5.05. The molecule has 0 aromatic rings. The molecule has 1 saturated carbocycles. The van der Waals surface area contributed by atoms with E-state index in [0.29, 0.717) is 6.04 Å². The molecule has 1 aliphatic heterocycles. The third-order valence-electron chi connectivity index (χ3n) is 5.12. The van der Waals surface area contributed by atoms with Gasteiger partial charge in [-0.05, 0) is 59.0 Å². The topological polar surface area (TPSA) is 39.1 Å². The number of nitrogens with one attached hydrogen (secondary N) is 1. The van der Waals surface area contributed by atoms with Gasteiger partial charge in [-0.2, -0.15) is 5.26 Å². The summed E-state index contributed by atoms with van der Waals surface area (Å²) in [5.41, 5.74) is -0.383. The Labute approximate surface area is 112 Å². The zero-order chi connectivity index (χ0) is 13.2. The molecule has 0 aromatic carbocycles. The summed E-state index contributed by atoms with van der Waals surface area (Å²) in [7, 11) is 1.89. The van der Waals surface area contributed by atoms with Crippen molar-refractivity contribution in [3.63, 3.8) is 0 Å². The lowest BCUT2D eigenvalue weighted by molar-refractivity contribution is 0.123. The first-order chi connectivity index (χ1) is 8.59. The van der Waals surface area contributed by atoms with Crippen molar-refractivity contribution in [2.75, 3.05) is 13.6 Å². The Balaban J connectivity index is 1.97. The normalized spacial score (nSPS) is 33.4. The minimum atomic E-state index is -0.383.